The lowest BCUT2D eigenvalue weighted by Crippen LogP contribution is -2.66. The van der Waals surface area contributed by atoms with Crippen LogP contribution in [0.1, 0.15) is 46.5 Å². The van der Waals surface area contributed by atoms with E-state index in [2.05, 4.69) is 97.4 Å². The zero-order valence-electron chi connectivity index (χ0n) is 17.4. The summed E-state index contributed by atoms with van der Waals surface area (Å²) >= 11 is 3.50. The topological polar surface area (TPSA) is 21.8 Å². The van der Waals surface area contributed by atoms with Crippen molar-refractivity contribution >= 4 is 34.6 Å². The van der Waals surface area contributed by atoms with Crippen molar-refractivity contribution in [2.24, 2.45) is 0 Å². The van der Waals surface area contributed by atoms with Crippen molar-refractivity contribution < 1.29 is 9.16 Å². The molecule has 0 aromatic heterocycles. The highest BCUT2D eigenvalue weighted by Gasteiger charge is 2.50. The van der Waals surface area contributed by atoms with Crippen LogP contribution in [0, 0.1) is 0 Å². The Morgan fingerprint density at radius 3 is 1.82 bits per heavy atom. The summed E-state index contributed by atoms with van der Waals surface area (Å²) in [4.78, 5) is 0. The third kappa shape index (κ3) is 4.96. The van der Waals surface area contributed by atoms with Crippen LogP contribution in [0.4, 0.5) is 0 Å². The first kappa shape index (κ1) is 21.8. The van der Waals surface area contributed by atoms with E-state index >= 15 is 0 Å². The quantitative estimate of drug-likeness (QED) is 0.208. The molecule has 28 heavy (non-hydrogen) atoms. The van der Waals surface area contributed by atoms with Crippen molar-refractivity contribution in [3.8, 4) is 0 Å². The summed E-state index contributed by atoms with van der Waals surface area (Å²) in [5.41, 5.74) is 0. The molecule has 2 aromatic rings. The van der Waals surface area contributed by atoms with Gasteiger partial charge in [0.05, 0.1) is 12.2 Å². The molecule has 1 saturated heterocycles. The molecule has 0 radical (unpaired) electrons. The van der Waals surface area contributed by atoms with Gasteiger partial charge in [0, 0.05) is 11.9 Å². The Hall–Kier alpha value is -0.943. The SMILES string of the molecule is CC(C)(C)[Si](OCCC[C@@H]1O[C@@H]1CCCBr)(c1ccccc1)c1ccccc1. The van der Waals surface area contributed by atoms with Crippen LogP contribution in [-0.4, -0.2) is 32.5 Å². The maximum Gasteiger partial charge on any atom is 0.261 e. The highest BCUT2D eigenvalue weighted by Crippen LogP contribution is 2.37. The van der Waals surface area contributed by atoms with Gasteiger partial charge in [0.25, 0.3) is 8.32 Å². The molecule has 2 nitrogen and oxygen atoms in total. The molecule has 1 heterocycles. The van der Waals surface area contributed by atoms with Crippen LogP contribution < -0.4 is 10.4 Å². The summed E-state index contributed by atoms with van der Waals surface area (Å²) in [6.45, 7) is 7.79. The van der Waals surface area contributed by atoms with Crippen LogP contribution in [0.3, 0.4) is 0 Å². The average molecular weight is 462 g/mol. The van der Waals surface area contributed by atoms with Gasteiger partial charge in [0.1, 0.15) is 0 Å². The molecule has 1 fully saturated rings. The second-order valence-electron chi connectivity index (χ2n) is 8.70. The Bertz CT molecular complexity index is 675. The van der Waals surface area contributed by atoms with E-state index in [1.54, 1.807) is 0 Å². The molecule has 0 N–H and O–H groups in total. The molecule has 1 aliphatic rings. The molecule has 1 aliphatic heterocycles. The first-order chi connectivity index (χ1) is 13.5. The van der Waals surface area contributed by atoms with Gasteiger partial charge in [0.15, 0.2) is 0 Å². The average Bonchev–Trinajstić information content (AvgIpc) is 3.45. The van der Waals surface area contributed by atoms with Crippen LogP contribution in [-0.2, 0) is 9.16 Å². The Morgan fingerprint density at radius 1 is 0.857 bits per heavy atom. The molecule has 152 valence electrons. The van der Waals surface area contributed by atoms with E-state index in [9.17, 15) is 0 Å². The summed E-state index contributed by atoms with van der Waals surface area (Å²) in [6, 6.07) is 21.8. The van der Waals surface area contributed by atoms with Crippen molar-refractivity contribution in [3.63, 3.8) is 0 Å². The van der Waals surface area contributed by atoms with E-state index in [0.717, 1.165) is 24.8 Å². The third-order valence-electron chi connectivity index (χ3n) is 5.68. The summed E-state index contributed by atoms with van der Waals surface area (Å²) in [5.74, 6) is 0. The van der Waals surface area contributed by atoms with Crippen molar-refractivity contribution in [2.45, 2.75) is 63.7 Å². The van der Waals surface area contributed by atoms with Crippen LogP contribution in [0.25, 0.3) is 0 Å². The van der Waals surface area contributed by atoms with Crippen molar-refractivity contribution in [3.05, 3.63) is 60.7 Å². The van der Waals surface area contributed by atoms with E-state index in [1.807, 2.05) is 0 Å². The lowest BCUT2D eigenvalue weighted by atomic mass is 10.1. The number of epoxide rings is 1. The molecule has 4 heteroatoms. The van der Waals surface area contributed by atoms with Gasteiger partial charge >= 0.3 is 0 Å². The van der Waals surface area contributed by atoms with E-state index in [-0.39, 0.29) is 5.04 Å². The predicted molar refractivity (Wildman–Crippen MR) is 124 cm³/mol. The molecule has 0 unspecified atom stereocenters. The monoisotopic (exact) mass is 460 g/mol. The number of alkyl halides is 1. The summed E-state index contributed by atoms with van der Waals surface area (Å²) < 4.78 is 12.8. The largest absolute Gasteiger partial charge is 0.407 e. The second-order valence-corrected chi connectivity index (χ2v) is 13.8. The van der Waals surface area contributed by atoms with Crippen LogP contribution in [0.15, 0.2) is 60.7 Å². The van der Waals surface area contributed by atoms with Gasteiger partial charge in [-0.25, -0.2) is 0 Å². The molecule has 2 atom stereocenters. The van der Waals surface area contributed by atoms with E-state index in [4.69, 9.17) is 9.16 Å². The van der Waals surface area contributed by atoms with Gasteiger partial charge in [0.2, 0.25) is 0 Å². The number of rotatable bonds is 10. The molecular formula is C24H33BrO2Si. The Balaban J connectivity index is 1.74. The van der Waals surface area contributed by atoms with Crippen LogP contribution in [0.5, 0.6) is 0 Å². The number of hydrogen-bond donors (Lipinski definition) is 0. The van der Waals surface area contributed by atoms with Gasteiger partial charge in [-0.05, 0) is 41.1 Å². The van der Waals surface area contributed by atoms with E-state index < -0.39 is 8.32 Å². The first-order valence-electron chi connectivity index (χ1n) is 10.5. The maximum atomic E-state index is 6.94. The second kappa shape index (κ2) is 9.71. The fourth-order valence-electron chi connectivity index (χ4n) is 4.24. The predicted octanol–water partition coefficient (Wildman–Crippen LogP) is 5.29. The summed E-state index contributed by atoms with van der Waals surface area (Å²) in [7, 11) is -2.39. The lowest BCUT2D eigenvalue weighted by Gasteiger charge is -2.43. The van der Waals surface area contributed by atoms with Crippen LogP contribution in [0.2, 0.25) is 5.04 Å². The minimum atomic E-state index is -2.39. The van der Waals surface area contributed by atoms with Gasteiger partial charge in [-0.15, -0.1) is 0 Å². The van der Waals surface area contributed by atoms with Gasteiger partial charge in [-0.3, -0.25) is 0 Å². The van der Waals surface area contributed by atoms with Crippen LogP contribution >= 0.6 is 15.9 Å². The normalized spacial score (nSPS) is 19.6. The molecule has 0 bridgehead atoms. The maximum absolute atomic E-state index is 6.94. The Kier molecular flexibility index (Phi) is 7.54. The first-order valence-corrected chi connectivity index (χ1v) is 13.5. The van der Waals surface area contributed by atoms with Gasteiger partial charge in [-0.1, -0.05) is 97.4 Å². The number of hydrogen-bond acceptors (Lipinski definition) is 2. The fourth-order valence-corrected chi connectivity index (χ4v) is 9.17. The van der Waals surface area contributed by atoms with Crippen molar-refractivity contribution in [1.82, 2.24) is 0 Å². The van der Waals surface area contributed by atoms with Crippen molar-refractivity contribution in [1.29, 1.82) is 0 Å². The number of benzene rings is 2. The minimum Gasteiger partial charge on any atom is -0.407 e. The third-order valence-corrected chi connectivity index (χ3v) is 11.3. The summed E-state index contributed by atoms with van der Waals surface area (Å²) in [6.07, 6.45) is 5.45. The molecule has 0 saturated carbocycles. The fraction of sp³-hybridized carbons (Fsp3) is 0.500. The van der Waals surface area contributed by atoms with E-state index in [0.29, 0.717) is 12.2 Å². The lowest BCUT2D eigenvalue weighted by molar-refractivity contribution is 0.277. The molecule has 0 aliphatic carbocycles. The van der Waals surface area contributed by atoms with Gasteiger partial charge < -0.3 is 9.16 Å². The highest BCUT2D eigenvalue weighted by atomic mass is 79.9. The standard InChI is InChI=1S/C24H33BrO2Si/c1-24(2,3)28(20-12-6-4-7-13-20,21-14-8-5-9-15-21)26-19-11-17-23-22(27-23)16-10-18-25/h4-9,12-15,22-23H,10-11,16-19H2,1-3H3/t22-,23+/m1/s1. The van der Waals surface area contributed by atoms with Gasteiger partial charge in [-0.2, -0.15) is 0 Å². The molecule has 2 aromatic carbocycles. The zero-order valence-corrected chi connectivity index (χ0v) is 20.0. The molecular weight excluding hydrogens is 428 g/mol. The Morgan fingerprint density at radius 2 is 1.36 bits per heavy atom. The summed E-state index contributed by atoms with van der Waals surface area (Å²) in [5, 5.41) is 3.82. The van der Waals surface area contributed by atoms with Crippen molar-refractivity contribution in [2.75, 3.05) is 11.9 Å². The smallest absolute Gasteiger partial charge is 0.261 e. The van der Waals surface area contributed by atoms with E-state index in [1.165, 1.54) is 23.2 Å². The minimum absolute atomic E-state index is 0.0458. The highest BCUT2D eigenvalue weighted by molar-refractivity contribution is 9.09. The number of halogens is 1. The molecule has 0 amide bonds. The Labute approximate surface area is 179 Å². The molecule has 0 spiro atoms. The molecule has 3 rings (SSSR count). The number of ether oxygens (including phenoxy) is 1. The zero-order chi connectivity index (χ0) is 20.0.